The summed E-state index contributed by atoms with van der Waals surface area (Å²) in [6.45, 7) is 8.83. The summed E-state index contributed by atoms with van der Waals surface area (Å²) < 4.78 is 3.84. The largest absolute Gasteiger partial charge is 0.368 e. The standard InChI is InChI=1S/C14H19N3S/c1-10(16-13-9-15-17-18-13)11-5-7-12(8-6-11)14(2,3)4/h5-10,16H,1-4H3. The van der Waals surface area contributed by atoms with Gasteiger partial charge in [-0.25, -0.2) is 0 Å². The summed E-state index contributed by atoms with van der Waals surface area (Å²) in [6, 6.07) is 9.05. The monoisotopic (exact) mass is 261 g/mol. The Bertz CT molecular complexity index is 483. The zero-order valence-corrected chi connectivity index (χ0v) is 12.1. The van der Waals surface area contributed by atoms with E-state index >= 15 is 0 Å². The summed E-state index contributed by atoms with van der Waals surface area (Å²) >= 11 is 1.38. The van der Waals surface area contributed by atoms with Crippen LogP contribution in [0.1, 0.15) is 44.9 Å². The smallest absolute Gasteiger partial charge is 0.130 e. The van der Waals surface area contributed by atoms with Crippen LogP contribution >= 0.6 is 11.5 Å². The van der Waals surface area contributed by atoms with Gasteiger partial charge < -0.3 is 5.32 Å². The Morgan fingerprint density at radius 3 is 2.33 bits per heavy atom. The van der Waals surface area contributed by atoms with Crippen LogP contribution in [0.5, 0.6) is 0 Å². The molecule has 0 radical (unpaired) electrons. The molecule has 0 aliphatic rings. The van der Waals surface area contributed by atoms with E-state index in [9.17, 15) is 0 Å². The highest BCUT2D eigenvalue weighted by atomic mass is 32.1. The van der Waals surface area contributed by atoms with Crippen molar-refractivity contribution in [3.05, 3.63) is 41.6 Å². The SMILES string of the molecule is CC(Nc1cnns1)c1ccc(C(C)(C)C)cc1. The third kappa shape index (κ3) is 3.07. The van der Waals surface area contributed by atoms with Crippen LogP contribution in [0.4, 0.5) is 5.00 Å². The summed E-state index contributed by atoms with van der Waals surface area (Å²) in [5.74, 6) is 0. The van der Waals surface area contributed by atoms with Crippen molar-refractivity contribution in [3.63, 3.8) is 0 Å². The van der Waals surface area contributed by atoms with Crippen molar-refractivity contribution >= 4 is 16.5 Å². The second-order valence-corrected chi connectivity index (χ2v) is 6.31. The fourth-order valence-electron chi connectivity index (χ4n) is 1.80. The van der Waals surface area contributed by atoms with E-state index in [1.165, 1.54) is 22.7 Å². The fourth-order valence-corrected chi connectivity index (χ4v) is 2.31. The van der Waals surface area contributed by atoms with Crippen LogP contribution < -0.4 is 5.32 Å². The second-order valence-electron chi connectivity index (χ2n) is 5.52. The first-order valence-electron chi connectivity index (χ1n) is 6.11. The normalized spacial score (nSPS) is 13.3. The number of nitrogens with zero attached hydrogens (tertiary/aromatic N) is 2. The van der Waals surface area contributed by atoms with Crippen molar-refractivity contribution in [2.24, 2.45) is 0 Å². The molecule has 4 heteroatoms. The lowest BCUT2D eigenvalue weighted by atomic mass is 9.86. The first kappa shape index (κ1) is 13.0. The quantitative estimate of drug-likeness (QED) is 0.907. The summed E-state index contributed by atoms with van der Waals surface area (Å²) in [4.78, 5) is 0. The highest BCUT2D eigenvalue weighted by Crippen LogP contribution is 2.25. The van der Waals surface area contributed by atoms with Gasteiger partial charge in [-0.3, -0.25) is 0 Å². The summed E-state index contributed by atoms with van der Waals surface area (Å²) in [7, 11) is 0. The van der Waals surface area contributed by atoms with Crippen molar-refractivity contribution in [1.82, 2.24) is 9.59 Å². The molecule has 96 valence electrons. The van der Waals surface area contributed by atoms with Crippen LogP contribution in [0.3, 0.4) is 0 Å². The molecule has 0 fully saturated rings. The molecular weight excluding hydrogens is 242 g/mol. The number of nitrogens with one attached hydrogen (secondary N) is 1. The van der Waals surface area contributed by atoms with Crippen LogP contribution in [0.15, 0.2) is 30.5 Å². The van der Waals surface area contributed by atoms with Gasteiger partial charge in [0, 0.05) is 17.6 Å². The maximum Gasteiger partial charge on any atom is 0.130 e. The molecule has 0 amide bonds. The van der Waals surface area contributed by atoms with Crippen LogP contribution in [0.2, 0.25) is 0 Å². The van der Waals surface area contributed by atoms with E-state index in [-0.39, 0.29) is 11.5 Å². The molecule has 1 heterocycles. The van der Waals surface area contributed by atoms with Gasteiger partial charge in [0.1, 0.15) is 5.00 Å². The Morgan fingerprint density at radius 2 is 1.83 bits per heavy atom. The van der Waals surface area contributed by atoms with Crippen LogP contribution in [0.25, 0.3) is 0 Å². The molecule has 3 nitrogen and oxygen atoms in total. The molecule has 1 aromatic carbocycles. The lowest BCUT2D eigenvalue weighted by Gasteiger charge is -2.20. The Morgan fingerprint density at radius 1 is 1.17 bits per heavy atom. The molecule has 0 aliphatic heterocycles. The number of hydrogen-bond acceptors (Lipinski definition) is 4. The minimum absolute atomic E-state index is 0.205. The summed E-state index contributed by atoms with van der Waals surface area (Å²) in [6.07, 6.45) is 1.75. The Labute approximate surface area is 112 Å². The molecule has 1 unspecified atom stereocenters. The lowest BCUT2D eigenvalue weighted by Crippen LogP contribution is -2.11. The molecule has 0 aliphatic carbocycles. The van der Waals surface area contributed by atoms with E-state index in [0.717, 1.165) is 5.00 Å². The van der Waals surface area contributed by atoms with Gasteiger partial charge in [-0.15, -0.1) is 5.10 Å². The van der Waals surface area contributed by atoms with E-state index in [4.69, 9.17) is 0 Å². The van der Waals surface area contributed by atoms with Crippen LogP contribution in [0, 0.1) is 0 Å². The van der Waals surface area contributed by atoms with Gasteiger partial charge in [-0.05, 0) is 23.5 Å². The van der Waals surface area contributed by atoms with Gasteiger partial charge in [-0.1, -0.05) is 49.5 Å². The molecule has 1 atom stereocenters. The van der Waals surface area contributed by atoms with Crippen LogP contribution in [-0.2, 0) is 5.41 Å². The number of anilines is 1. The van der Waals surface area contributed by atoms with Crippen molar-refractivity contribution < 1.29 is 0 Å². The van der Waals surface area contributed by atoms with Crippen molar-refractivity contribution in [2.45, 2.75) is 39.2 Å². The topological polar surface area (TPSA) is 37.8 Å². The first-order valence-corrected chi connectivity index (χ1v) is 6.88. The Kier molecular flexibility index (Phi) is 3.66. The van der Waals surface area contributed by atoms with E-state index in [2.05, 4.69) is 66.9 Å². The molecule has 0 saturated heterocycles. The average Bonchev–Trinajstić information content (AvgIpc) is 2.81. The van der Waals surface area contributed by atoms with E-state index < -0.39 is 0 Å². The Hall–Kier alpha value is -1.42. The summed E-state index contributed by atoms with van der Waals surface area (Å²) in [5, 5.41) is 8.21. The minimum atomic E-state index is 0.205. The number of aromatic nitrogens is 2. The number of rotatable bonds is 3. The highest BCUT2D eigenvalue weighted by Gasteiger charge is 2.14. The molecule has 1 aromatic heterocycles. The molecule has 1 N–H and O–H groups in total. The predicted molar refractivity (Wildman–Crippen MR) is 77.1 cm³/mol. The van der Waals surface area contributed by atoms with Gasteiger partial charge in [0.05, 0.1) is 6.20 Å². The zero-order chi connectivity index (χ0) is 13.2. The number of hydrogen-bond donors (Lipinski definition) is 1. The molecule has 0 spiro atoms. The predicted octanol–water partition coefficient (Wildman–Crippen LogP) is 4.01. The molecule has 0 bridgehead atoms. The van der Waals surface area contributed by atoms with Crippen molar-refractivity contribution in [3.8, 4) is 0 Å². The molecule has 0 saturated carbocycles. The molecule has 2 aromatic rings. The van der Waals surface area contributed by atoms with E-state index in [0.29, 0.717) is 0 Å². The third-order valence-corrected chi connectivity index (χ3v) is 3.59. The van der Waals surface area contributed by atoms with Gasteiger partial charge in [0.25, 0.3) is 0 Å². The number of benzene rings is 1. The maximum atomic E-state index is 3.84. The molecule has 18 heavy (non-hydrogen) atoms. The van der Waals surface area contributed by atoms with E-state index in [1.54, 1.807) is 6.20 Å². The third-order valence-electron chi connectivity index (χ3n) is 3.00. The first-order chi connectivity index (χ1) is 8.47. The summed E-state index contributed by atoms with van der Waals surface area (Å²) in [5.41, 5.74) is 2.84. The Balaban J connectivity index is 2.10. The van der Waals surface area contributed by atoms with Gasteiger partial charge >= 0.3 is 0 Å². The minimum Gasteiger partial charge on any atom is -0.368 e. The highest BCUT2D eigenvalue weighted by molar-refractivity contribution is 7.09. The lowest BCUT2D eigenvalue weighted by molar-refractivity contribution is 0.590. The molecule has 2 rings (SSSR count). The van der Waals surface area contributed by atoms with Crippen LogP contribution in [-0.4, -0.2) is 9.59 Å². The maximum absolute atomic E-state index is 3.84. The van der Waals surface area contributed by atoms with Crippen molar-refractivity contribution in [1.29, 1.82) is 0 Å². The second kappa shape index (κ2) is 5.06. The molecular formula is C14H19N3S. The zero-order valence-electron chi connectivity index (χ0n) is 11.3. The van der Waals surface area contributed by atoms with Gasteiger partial charge in [0.15, 0.2) is 0 Å². The average molecular weight is 261 g/mol. The van der Waals surface area contributed by atoms with Crippen molar-refractivity contribution in [2.75, 3.05) is 5.32 Å². The van der Waals surface area contributed by atoms with Gasteiger partial charge in [0.2, 0.25) is 0 Å². The van der Waals surface area contributed by atoms with Gasteiger partial charge in [-0.2, -0.15) is 0 Å². The van der Waals surface area contributed by atoms with E-state index in [1.807, 2.05) is 0 Å². The fraction of sp³-hybridized carbons (Fsp3) is 0.429.